The molecule has 0 saturated carbocycles. The second-order valence-corrected chi connectivity index (χ2v) is 6.63. The number of nitrogens with one attached hydrogen (secondary N) is 2. The van der Waals surface area contributed by atoms with Crippen LogP contribution in [-0.4, -0.2) is 43.5 Å². The topological polar surface area (TPSA) is 94.5 Å². The molecule has 2 rings (SSSR count). The second kappa shape index (κ2) is 11.1. The van der Waals surface area contributed by atoms with Crippen LogP contribution < -0.4 is 15.4 Å². The summed E-state index contributed by atoms with van der Waals surface area (Å²) in [5, 5.41) is 14.7. The fourth-order valence-corrected chi connectivity index (χ4v) is 2.88. The molecule has 0 aliphatic carbocycles. The monoisotopic (exact) mass is 414 g/mol. The Morgan fingerprint density at radius 3 is 2.59 bits per heavy atom. The third kappa shape index (κ3) is 6.79. The summed E-state index contributed by atoms with van der Waals surface area (Å²) < 4.78 is 5.23. The van der Waals surface area contributed by atoms with E-state index in [4.69, 9.17) is 21.6 Å². The highest BCUT2D eigenvalue weighted by Gasteiger charge is 2.13. The lowest BCUT2D eigenvalue weighted by Gasteiger charge is -2.20. The fourth-order valence-electron chi connectivity index (χ4n) is 2.66. The zero-order valence-corrected chi connectivity index (χ0v) is 17.1. The molecular weight excluding hydrogens is 392 g/mol. The van der Waals surface area contributed by atoms with Gasteiger partial charge in [0.15, 0.2) is 0 Å². The molecule has 0 bridgehead atoms. The van der Waals surface area contributed by atoms with E-state index in [2.05, 4.69) is 10.6 Å². The summed E-state index contributed by atoms with van der Waals surface area (Å²) in [5.41, 5.74) is 1.48. The molecule has 0 heterocycles. The molecule has 0 unspecified atom stereocenters. The Bertz CT molecular complexity index is 911. The van der Waals surface area contributed by atoms with Gasteiger partial charge in [0.25, 0.3) is 0 Å². The largest absolute Gasteiger partial charge is 0.495 e. The van der Waals surface area contributed by atoms with Crippen molar-refractivity contribution < 1.29 is 14.3 Å². The van der Waals surface area contributed by atoms with E-state index in [9.17, 15) is 9.59 Å². The summed E-state index contributed by atoms with van der Waals surface area (Å²) in [5.74, 6) is 0.203. The van der Waals surface area contributed by atoms with E-state index in [1.54, 1.807) is 31.4 Å². The van der Waals surface area contributed by atoms with E-state index in [-0.39, 0.29) is 29.8 Å². The van der Waals surface area contributed by atoms with Crippen LogP contribution in [-0.2, 0) is 9.59 Å². The van der Waals surface area contributed by atoms with Crippen molar-refractivity contribution in [2.24, 2.45) is 0 Å². The number of halogens is 1. The Kier molecular flexibility index (Phi) is 8.46. The number of methoxy groups -OCH3 is 1. The number of likely N-dealkylation sites (N-methyl/N-ethyl adjacent to an activating group) is 1. The molecule has 0 aliphatic heterocycles. The Balaban J connectivity index is 1.84. The normalized spacial score (nSPS) is 10.3. The van der Waals surface area contributed by atoms with Gasteiger partial charge in [-0.1, -0.05) is 30.7 Å². The first-order chi connectivity index (χ1) is 14.0. The number of benzene rings is 2. The molecule has 2 amide bonds. The highest BCUT2D eigenvalue weighted by atomic mass is 35.5. The van der Waals surface area contributed by atoms with Crippen LogP contribution in [0.2, 0.25) is 5.02 Å². The number of ether oxygens (including phenoxy) is 1. The maximum absolute atomic E-state index is 12.3. The number of rotatable bonds is 9. The SMILES string of the molecule is CCN(CCC(=O)Nc1ccc(C#N)c(Cl)c1)CC(=O)Nc1ccccc1OC. The minimum atomic E-state index is -0.200. The number of hydrogen-bond donors (Lipinski definition) is 2. The number of nitrogens with zero attached hydrogens (tertiary/aromatic N) is 2. The number of nitriles is 1. The predicted molar refractivity (Wildman–Crippen MR) is 113 cm³/mol. The van der Waals surface area contributed by atoms with Gasteiger partial charge in [0, 0.05) is 18.7 Å². The molecule has 0 spiro atoms. The standard InChI is InChI=1S/C21H23ClN4O3/c1-3-26(14-21(28)25-18-6-4-5-7-19(18)29-2)11-10-20(27)24-16-9-8-15(13-23)17(22)12-16/h4-9,12H,3,10-11,14H2,1-2H3,(H,24,27)(H,25,28). The third-order valence-corrected chi connectivity index (χ3v) is 4.54. The van der Waals surface area contributed by atoms with Gasteiger partial charge in [-0.25, -0.2) is 0 Å². The van der Waals surface area contributed by atoms with Crippen LogP contribution in [0, 0.1) is 11.3 Å². The van der Waals surface area contributed by atoms with Crippen molar-refractivity contribution in [3.05, 3.63) is 53.1 Å². The molecule has 0 fully saturated rings. The number of carbonyl (C=O) groups excluding carboxylic acids is 2. The van der Waals surface area contributed by atoms with Gasteiger partial charge in [0.1, 0.15) is 11.8 Å². The summed E-state index contributed by atoms with van der Waals surface area (Å²) in [6, 6.07) is 13.9. The van der Waals surface area contributed by atoms with Gasteiger partial charge in [-0.3, -0.25) is 14.5 Å². The molecule has 2 aromatic rings. The molecule has 0 aliphatic rings. The van der Waals surface area contributed by atoms with E-state index in [0.29, 0.717) is 35.8 Å². The summed E-state index contributed by atoms with van der Waals surface area (Å²) >= 11 is 5.97. The van der Waals surface area contributed by atoms with E-state index in [0.717, 1.165) is 0 Å². The maximum Gasteiger partial charge on any atom is 0.238 e. The lowest BCUT2D eigenvalue weighted by molar-refractivity contribution is -0.119. The Morgan fingerprint density at radius 1 is 1.17 bits per heavy atom. The van der Waals surface area contributed by atoms with Gasteiger partial charge >= 0.3 is 0 Å². The van der Waals surface area contributed by atoms with Gasteiger partial charge in [-0.15, -0.1) is 0 Å². The molecule has 0 atom stereocenters. The number of anilines is 2. The quantitative estimate of drug-likeness (QED) is 0.654. The maximum atomic E-state index is 12.3. The van der Waals surface area contributed by atoms with E-state index in [1.165, 1.54) is 6.07 Å². The van der Waals surface area contributed by atoms with E-state index in [1.807, 2.05) is 30.0 Å². The molecule has 7 nitrogen and oxygen atoms in total. The smallest absolute Gasteiger partial charge is 0.238 e. The van der Waals surface area contributed by atoms with Gasteiger partial charge in [0.05, 0.1) is 29.9 Å². The van der Waals surface area contributed by atoms with Crippen LogP contribution in [0.15, 0.2) is 42.5 Å². The number of para-hydroxylation sites is 2. The summed E-state index contributed by atoms with van der Waals surface area (Å²) in [6.45, 7) is 3.13. The van der Waals surface area contributed by atoms with Crippen LogP contribution in [0.1, 0.15) is 18.9 Å². The van der Waals surface area contributed by atoms with Crippen LogP contribution >= 0.6 is 11.6 Å². The summed E-state index contributed by atoms with van der Waals surface area (Å²) in [4.78, 5) is 26.4. The first-order valence-electron chi connectivity index (χ1n) is 9.11. The van der Waals surface area contributed by atoms with E-state index >= 15 is 0 Å². The molecule has 0 radical (unpaired) electrons. The molecule has 2 aromatic carbocycles. The highest BCUT2D eigenvalue weighted by molar-refractivity contribution is 6.32. The van der Waals surface area contributed by atoms with Crippen LogP contribution in [0.3, 0.4) is 0 Å². The van der Waals surface area contributed by atoms with Crippen molar-refractivity contribution in [2.75, 3.05) is 37.4 Å². The minimum absolute atomic E-state index is 0.157. The highest BCUT2D eigenvalue weighted by Crippen LogP contribution is 2.23. The van der Waals surface area contributed by atoms with Crippen molar-refractivity contribution in [2.45, 2.75) is 13.3 Å². The van der Waals surface area contributed by atoms with Crippen molar-refractivity contribution in [3.8, 4) is 11.8 Å². The van der Waals surface area contributed by atoms with Crippen LogP contribution in [0.25, 0.3) is 0 Å². The van der Waals surface area contributed by atoms with Crippen molar-refractivity contribution in [3.63, 3.8) is 0 Å². The minimum Gasteiger partial charge on any atom is -0.495 e. The first kappa shape index (κ1) is 22.2. The molecule has 0 saturated heterocycles. The lowest BCUT2D eigenvalue weighted by atomic mass is 10.2. The summed E-state index contributed by atoms with van der Waals surface area (Å²) in [7, 11) is 1.54. The van der Waals surface area contributed by atoms with Gasteiger partial charge < -0.3 is 15.4 Å². The predicted octanol–water partition coefficient (Wildman–Crippen LogP) is 3.51. The average Bonchev–Trinajstić information content (AvgIpc) is 2.71. The van der Waals surface area contributed by atoms with E-state index < -0.39 is 0 Å². The number of hydrogen-bond acceptors (Lipinski definition) is 5. The molecule has 29 heavy (non-hydrogen) atoms. The van der Waals surface area contributed by atoms with Gasteiger partial charge in [-0.2, -0.15) is 5.26 Å². The zero-order valence-electron chi connectivity index (χ0n) is 16.4. The first-order valence-corrected chi connectivity index (χ1v) is 9.49. The lowest BCUT2D eigenvalue weighted by Crippen LogP contribution is -2.35. The third-order valence-electron chi connectivity index (χ3n) is 4.22. The Labute approximate surface area is 175 Å². The van der Waals surface area contributed by atoms with Gasteiger partial charge in [0.2, 0.25) is 11.8 Å². The molecule has 152 valence electrons. The van der Waals surface area contributed by atoms with Crippen LogP contribution in [0.4, 0.5) is 11.4 Å². The fraction of sp³-hybridized carbons (Fsp3) is 0.286. The molecular formula is C21H23ClN4O3. The number of amides is 2. The Morgan fingerprint density at radius 2 is 1.93 bits per heavy atom. The molecule has 0 aromatic heterocycles. The van der Waals surface area contributed by atoms with Crippen molar-refractivity contribution >= 4 is 34.8 Å². The van der Waals surface area contributed by atoms with Crippen molar-refractivity contribution in [1.29, 1.82) is 5.26 Å². The zero-order chi connectivity index (χ0) is 21.2. The second-order valence-electron chi connectivity index (χ2n) is 6.22. The average molecular weight is 415 g/mol. The Hall–Kier alpha value is -3.08. The molecule has 2 N–H and O–H groups in total. The summed E-state index contributed by atoms with van der Waals surface area (Å²) in [6.07, 6.45) is 0.216. The number of carbonyl (C=O) groups is 2. The molecule has 8 heteroatoms. The van der Waals surface area contributed by atoms with Gasteiger partial charge in [-0.05, 0) is 36.9 Å². The van der Waals surface area contributed by atoms with Crippen LogP contribution in [0.5, 0.6) is 5.75 Å². The van der Waals surface area contributed by atoms with Crippen molar-refractivity contribution in [1.82, 2.24) is 4.90 Å².